The number of hydrogen-bond acceptors (Lipinski definition) is 3. The van der Waals surface area contributed by atoms with Crippen LogP contribution < -0.4 is 0 Å². The number of halogens is 1. The van der Waals surface area contributed by atoms with E-state index in [0.717, 1.165) is 24.4 Å². The van der Waals surface area contributed by atoms with Gasteiger partial charge in [-0.15, -0.1) is 0 Å². The highest BCUT2D eigenvalue weighted by atomic mass is 35.7. The first-order valence-corrected chi connectivity index (χ1v) is 7.67. The normalized spacial score (nSPS) is 12.2. The van der Waals surface area contributed by atoms with Gasteiger partial charge in [-0.05, 0) is 25.5 Å². The van der Waals surface area contributed by atoms with E-state index in [4.69, 9.17) is 10.7 Å². The highest BCUT2D eigenvalue weighted by Crippen LogP contribution is 2.23. The Balaban J connectivity index is 2.85. The lowest BCUT2D eigenvalue weighted by Crippen LogP contribution is -1.97. The molecule has 0 radical (unpaired) electrons. The first-order chi connectivity index (χ1) is 7.95. The van der Waals surface area contributed by atoms with Gasteiger partial charge in [0.15, 0.2) is 5.03 Å². The summed E-state index contributed by atoms with van der Waals surface area (Å²) in [5.41, 5.74) is 1.49. The minimum absolute atomic E-state index is 0.0497. The largest absolute Gasteiger partial charge is 0.300 e. The van der Waals surface area contributed by atoms with Crippen molar-refractivity contribution in [3.05, 3.63) is 29.7 Å². The number of rotatable bonds is 3. The Hall–Kier alpha value is -1.07. The Morgan fingerprint density at radius 3 is 2.71 bits per heavy atom. The summed E-state index contributed by atoms with van der Waals surface area (Å²) in [4.78, 5) is 4.15. The van der Waals surface area contributed by atoms with Crippen LogP contribution in [0.1, 0.15) is 24.9 Å². The summed E-state index contributed by atoms with van der Waals surface area (Å²) >= 11 is 0. The second-order valence-electron chi connectivity index (χ2n) is 3.91. The van der Waals surface area contributed by atoms with Crippen LogP contribution in [0.4, 0.5) is 0 Å². The van der Waals surface area contributed by atoms with Gasteiger partial charge >= 0.3 is 0 Å². The summed E-state index contributed by atoms with van der Waals surface area (Å²) in [5.74, 6) is 0.736. The van der Waals surface area contributed by atoms with Gasteiger partial charge in [0.25, 0.3) is 9.05 Å². The molecule has 2 aromatic heterocycles. The van der Waals surface area contributed by atoms with Gasteiger partial charge in [-0.1, -0.05) is 13.0 Å². The Bertz CT molecular complexity index is 661. The molecule has 0 saturated heterocycles. The van der Waals surface area contributed by atoms with Crippen LogP contribution in [-0.2, 0) is 15.5 Å². The quantitative estimate of drug-likeness (QED) is 0.807. The monoisotopic (exact) mass is 272 g/mol. The SMILES string of the molecule is CCCc1nc(S(=O)(=O)Cl)c2cccc(C)n12. The van der Waals surface area contributed by atoms with E-state index in [1.165, 1.54) is 0 Å². The van der Waals surface area contributed by atoms with E-state index >= 15 is 0 Å². The van der Waals surface area contributed by atoms with E-state index < -0.39 is 9.05 Å². The van der Waals surface area contributed by atoms with Crippen molar-refractivity contribution in [2.45, 2.75) is 31.7 Å². The summed E-state index contributed by atoms with van der Waals surface area (Å²) in [5, 5.41) is -0.0497. The van der Waals surface area contributed by atoms with Crippen molar-refractivity contribution in [2.24, 2.45) is 0 Å². The average molecular weight is 273 g/mol. The van der Waals surface area contributed by atoms with Crippen LogP contribution in [0.3, 0.4) is 0 Å². The van der Waals surface area contributed by atoms with Crippen LogP contribution in [0.15, 0.2) is 23.2 Å². The molecule has 0 unspecified atom stereocenters. The summed E-state index contributed by atoms with van der Waals surface area (Å²) in [6.07, 6.45) is 1.62. The molecule has 0 bridgehead atoms. The molecule has 2 heterocycles. The maximum absolute atomic E-state index is 11.5. The van der Waals surface area contributed by atoms with E-state index in [1.54, 1.807) is 12.1 Å². The van der Waals surface area contributed by atoms with Gasteiger partial charge in [-0.25, -0.2) is 13.4 Å². The minimum Gasteiger partial charge on any atom is -0.300 e. The van der Waals surface area contributed by atoms with Crippen molar-refractivity contribution in [3.63, 3.8) is 0 Å². The van der Waals surface area contributed by atoms with E-state index in [2.05, 4.69) is 4.98 Å². The van der Waals surface area contributed by atoms with Gasteiger partial charge in [-0.2, -0.15) is 0 Å². The lowest BCUT2D eigenvalue weighted by molar-refractivity contribution is 0.607. The van der Waals surface area contributed by atoms with Crippen LogP contribution in [0.2, 0.25) is 0 Å². The average Bonchev–Trinajstić information content (AvgIpc) is 2.59. The number of nitrogens with zero attached hydrogens (tertiary/aromatic N) is 2. The van der Waals surface area contributed by atoms with Crippen molar-refractivity contribution in [3.8, 4) is 0 Å². The van der Waals surface area contributed by atoms with E-state index in [-0.39, 0.29) is 5.03 Å². The van der Waals surface area contributed by atoms with E-state index in [0.29, 0.717) is 5.52 Å². The topological polar surface area (TPSA) is 51.4 Å². The number of hydrogen-bond donors (Lipinski definition) is 0. The lowest BCUT2D eigenvalue weighted by Gasteiger charge is -2.03. The third-order valence-corrected chi connectivity index (χ3v) is 3.80. The maximum atomic E-state index is 11.5. The van der Waals surface area contributed by atoms with Crippen LogP contribution in [0.5, 0.6) is 0 Å². The first kappa shape index (κ1) is 12.4. The summed E-state index contributed by atoms with van der Waals surface area (Å²) in [6.45, 7) is 3.94. The molecular weight excluding hydrogens is 260 g/mol. The first-order valence-electron chi connectivity index (χ1n) is 5.36. The molecule has 92 valence electrons. The molecule has 0 spiro atoms. The standard InChI is InChI=1S/C11H13ClN2O2S/c1-3-5-10-13-11(17(12,15)16)9-7-4-6-8(2)14(9)10/h4,6-7H,3,5H2,1-2H3. The van der Waals surface area contributed by atoms with Gasteiger partial charge in [0.05, 0.1) is 5.52 Å². The van der Waals surface area contributed by atoms with Crippen LogP contribution in [-0.4, -0.2) is 17.8 Å². The molecule has 0 fully saturated rings. The molecule has 4 nitrogen and oxygen atoms in total. The van der Waals surface area contributed by atoms with Crippen LogP contribution in [0, 0.1) is 6.92 Å². The Kier molecular flexibility index (Phi) is 3.14. The van der Waals surface area contributed by atoms with Crippen LogP contribution in [0.25, 0.3) is 5.52 Å². The van der Waals surface area contributed by atoms with Gasteiger partial charge in [-0.3, -0.25) is 4.40 Å². The predicted octanol–water partition coefficient (Wildman–Crippen LogP) is 2.52. The molecule has 0 atom stereocenters. The van der Waals surface area contributed by atoms with Crippen molar-refractivity contribution >= 4 is 25.2 Å². The summed E-state index contributed by atoms with van der Waals surface area (Å²) < 4.78 is 24.8. The van der Waals surface area contributed by atoms with Crippen molar-refractivity contribution in [1.29, 1.82) is 0 Å². The molecule has 0 amide bonds. The van der Waals surface area contributed by atoms with E-state index in [1.807, 2.05) is 24.3 Å². The summed E-state index contributed by atoms with van der Waals surface area (Å²) in [6, 6.07) is 5.43. The molecule has 0 aliphatic heterocycles. The third kappa shape index (κ3) is 2.17. The molecular formula is C11H13ClN2O2S. The molecule has 0 aliphatic carbocycles. The van der Waals surface area contributed by atoms with E-state index in [9.17, 15) is 8.42 Å². The van der Waals surface area contributed by atoms with Gasteiger partial charge < -0.3 is 0 Å². The highest BCUT2D eigenvalue weighted by Gasteiger charge is 2.21. The number of aryl methyl sites for hydroxylation is 2. The summed E-state index contributed by atoms with van der Waals surface area (Å²) in [7, 11) is 1.60. The zero-order valence-corrected chi connectivity index (χ0v) is 11.2. The fraction of sp³-hybridized carbons (Fsp3) is 0.364. The highest BCUT2D eigenvalue weighted by molar-refractivity contribution is 8.13. The van der Waals surface area contributed by atoms with Crippen molar-refractivity contribution in [2.75, 3.05) is 0 Å². The molecule has 2 aromatic rings. The smallest absolute Gasteiger partial charge is 0.280 e. The fourth-order valence-electron chi connectivity index (χ4n) is 1.92. The van der Waals surface area contributed by atoms with Crippen LogP contribution >= 0.6 is 10.7 Å². The zero-order chi connectivity index (χ0) is 12.6. The Morgan fingerprint density at radius 2 is 2.12 bits per heavy atom. The number of imidazole rings is 1. The zero-order valence-electron chi connectivity index (χ0n) is 9.64. The molecule has 0 aliphatic rings. The lowest BCUT2D eigenvalue weighted by atomic mass is 10.3. The maximum Gasteiger partial charge on any atom is 0.280 e. The molecule has 2 rings (SSSR count). The number of aromatic nitrogens is 2. The molecule has 0 aromatic carbocycles. The Morgan fingerprint density at radius 1 is 1.41 bits per heavy atom. The predicted molar refractivity (Wildman–Crippen MR) is 67.0 cm³/mol. The molecule has 17 heavy (non-hydrogen) atoms. The Labute approximate surface area is 105 Å². The second-order valence-corrected chi connectivity index (χ2v) is 6.39. The van der Waals surface area contributed by atoms with Gasteiger partial charge in [0.2, 0.25) is 0 Å². The van der Waals surface area contributed by atoms with Gasteiger partial charge in [0.1, 0.15) is 5.82 Å². The molecule has 0 N–H and O–H groups in total. The number of pyridine rings is 1. The molecule has 0 saturated carbocycles. The van der Waals surface area contributed by atoms with Crippen molar-refractivity contribution in [1.82, 2.24) is 9.38 Å². The third-order valence-electron chi connectivity index (χ3n) is 2.60. The van der Waals surface area contributed by atoms with Crippen molar-refractivity contribution < 1.29 is 8.42 Å². The van der Waals surface area contributed by atoms with Gasteiger partial charge in [0, 0.05) is 22.8 Å². The second kappa shape index (κ2) is 4.31. The fourth-order valence-corrected chi connectivity index (χ4v) is 2.89. The minimum atomic E-state index is -3.80. The number of fused-ring (bicyclic) bond motifs is 1. The molecule has 6 heteroatoms.